The Kier molecular flexibility index (Phi) is 4.78. The van der Waals surface area contributed by atoms with Crippen LogP contribution in [0.1, 0.15) is 24.5 Å². The minimum absolute atomic E-state index is 0.103. The molecule has 0 aromatic heterocycles. The van der Waals surface area contributed by atoms with Crippen LogP contribution in [-0.2, 0) is 0 Å². The fourth-order valence-corrected chi connectivity index (χ4v) is 2.53. The van der Waals surface area contributed by atoms with Crippen LogP contribution in [0.25, 0.3) is 0 Å². The summed E-state index contributed by atoms with van der Waals surface area (Å²) in [6.45, 7) is 2.29. The highest BCUT2D eigenvalue weighted by Gasteiger charge is 2.22. The van der Waals surface area contributed by atoms with Gasteiger partial charge in [0.15, 0.2) is 0 Å². The molecule has 0 aliphatic carbocycles. The van der Waals surface area contributed by atoms with Crippen LogP contribution < -0.4 is 4.74 Å². The zero-order valence-electron chi connectivity index (χ0n) is 11.2. The first-order chi connectivity index (χ1) is 9.22. The predicted molar refractivity (Wildman–Crippen MR) is 72.7 cm³/mol. The van der Waals surface area contributed by atoms with Crippen molar-refractivity contribution in [3.63, 3.8) is 0 Å². The fraction of sp³-hybridized carbons (Fsp3) is 0.533. The summed E-state index contributed by atoms with van der Waals surface area (Å²) in [5.41, 5.74) is 0.860. The Balaban J connectivity index is 1.96. The molecule has 0 spiro atoms. The molecule has 1 saturated heterocycles. The van der Waals surface area contributed by atoms with E-state index in [4.69, 9.17) is 10.00 Å². The molecule has 102 valence electrons. The highest BCUT2D eigenvalue weighted by Crippen LogP contribution is 2.22. The maximum absolute atomic E-state index is 10.3. The van der Waals surface area contributed by atoms with E-state index < -0.39 is 6.10 Å². The first-order valence-corrected chi connectivity index (χ1v) is 6.67. The van der Waals surface area contributed by atoms with Crippen molar-refractivity contribution in [2.24, 2.45) is 5.92 Å². The van der Waals surface area contributed by atoms with Gasteiger partial charge in [-0.2, -0.15) is 5.26 Å². The smallest absolute Gasteiger partial charge is 0.119 e. The molecule has 0 radical (unpaired) electrons. The standard InChI is InChI=1S/C15H20N2O2/c1-19-14-6-2-5-13(8-14)15(18)11-17-7-3-4-12(9-16)10-17/h2,5-6,8,12,15,18H,3-4,7,10-11H2,1H3. The van der Waals surface area contributed by atoms with E-state index in [1.807, 2.05) is 24.3 Å². The minimum Gasteiger partial charge on any atom is -0.497 e. The number of rotatable bonds is 4. The molecule has 1 heterocycles. The second-order valence-corrected chi connectivity index (χ2v) is 5.02. The third-order valence-electron chi connectivity index (χ3n) is 3.60. The van der Waals surface area contributed by atoms with Gasteiger partial charge in [-0.3, -0.25) is 4.90 Å². The Morgan fingerprint density at radius 1 is 1.58 bits per heavy atom. The molecule has 0 amide bonds. The number of nitrogens with zero attached hydrogens (tertiary/aromatic N) is 2. The number of piperidine rings is 1. The maximum atomic E-state index is 10.3. The first kappa shape index (κ1) is 13.9. The van der Waals surface area contributed by atoms with E-state index in [0.29, 0.717) is 6.54 Å². The van der Waals surface area contributed by atoms with Gasteiger partial charge < -0.3 is 9.84 Å². The predicted octanol–water partition coefficient (Wildman–Crippen LogP) is 1.96. The van der Waals surface area contributed by atoms with E-state index in [1.165, 1.54) is 0 Å². The summed E-state index contributed by atoms with van der Waals surface area (Å²) in [6.07, 6.45) is 1.47. The van der Waals surface area contributed by atoms with Crippen LogP contribution in [0.4, 0.5) is 0 Å². The molecule has 1 aliphatic rings. The summed E-state index contributed by atoms with van der Waals surface area (Å²) in [5.74, 6) is 0.858. The molecule has 1 aromatic carbocycles. The summed E-state index contributed by atoms with van der Waals surface area (Å²) in [7, 11) is 1.62. The Labute approximate surface area is 114 Å². The lowest BCUT2D eigenvalue weighted by atomic mass is 9.99. The van der Waals surface area contributed by atoms with E-state index >= 15 is 0 Å². The van der Waals surface area contributed by atoms with Gasteiger partial charge in [0.25, 0.3) is 0 Å². The van der Waals surface area contributed by atoms with Crippen molar-refractivity contribution >= 4 is 0 Å². The SMILES string of the molecule is COc1cccc(C(O)CN2CCCC(C#N)C2)c1. The van der Waals surface area contributed by atoms with Crippen LogP contribution in [0.15, 0.2) is 24.3 Å². The Bertz CT molecular complexity index is 456. The third kappa shape index (κ3) is 3.69. The second kappa shape index (κ2) is 6.55. The van der Waals surface area contributed by atoms with Gasteiger partial charge in [0.05, 0.1) is 25.2 Å². The summed E-state index contributed by atoms with van der Waals surface area (Å²) < 4.78 is 5.16. The molecule has 4 nitrogen and oxygen atoms in total. The van der Waals surface area contributed by atoms with Gasteiger partial charge in [-0.15, -0.1) is 0 Å². The van der Waals surface area contributed by atoms with Gasteiger partial charge in [0.2, 0.25) is 0 Å². The average molecular weight is 260 g/mol. The lowest BCUT2D eigenvalue weighted by Gasteiger charge is -2.31. The van der Waals surface area contributed by atoms with Gasteiger partial charge in [0, 0.05) is 13.1 Å². The van der Waals surface area contributed by atoms with Gasteiger partial charge >= 0.3 is 0 Å². The number of methoxy groups -OCH3 is 1. The molecular weight excluding hydrogens is 240 g/mol. The first-order valence-electron chi connectivity index (χ1n) is 6.67. The zero-order chi connectivity index (χ0) is 13.7. The summed E-state index contributed by atoms with van der Waals surface area (Å²) in [6, 6.07) is 9.83. The number of likely N-dealkylation sites (tertiary alicyclic amines) is 1. The Morgan fingerprint density at radius 3 is 3.16 bits per heavy atom. The van der Waals surface area contributed by atoms with Gasteiger partial charge in [-0.1, -0.05) is 12.1 Å². The molecule has 1 aliphatic heterocycles. The van der Waals surface area contributed by atoms with Gasteiger partial charge in [0.1, 0.15) is 5.75 Å². The summed E-state index contributed by atoms with van der Waals surface area (Å²) in [5, 5.41) is 19.2. The van der Waals surface area contributed by atoms with Crippen LogP contribution >= 0.6 is 0 Å². The van der Waals surface area contributed by atoms with E-state index in [-0.39, 0.29) is 5.92 Å². The summed E-state index contributed by atoms with van der Waals surface area (Å²) >= 11 is 0. The number of benzene rings is 1. The lowest BCUT2D eigenvalue weighted by molar-refractivity contribution is 0.0925. The summed E-state index contributed by atoms with van der Waals surface area (Å²) in [4.78, 5) is 2.17. The second-order valence-electron chi connectivity index (χ2n) is 5.02. The number of hydrogen-bond acceptors (Lipinski definition) is 4. The molecule has 2 atom stereocenters. The van der Waals surface area contributed by atoms with E-state index in [2.05, 4.69) is 11.0 Å². The quantitative estimate of drug-likeness (QED) is 0.899. The van der Waals surface area contributed by atoms with Crippen LogP contribution in [0.3, 0.4) is 0 Å². The van der Waals surface area contributed by atoms with E-state index in [9.17, 15) is 5.11 Å². The van der Waals surface area contributed by atoms with Crippen molar-refractivity contribution in [2.75, 3.05) is 26.7 Å². The molecule has 2 rings (SSSR count). The van der Waals surface area contributed by atoms with Crippen molar-refractivity contribution in [2.45, 2.75) is 18.9 Å². The number of aliphatic hydroxyl groups excluding tert-OH is 1. The molecule has 1 N–H and O–H groups in total. The van der Waals surface area contributed by atoms with Crippen molar-refractivity contribution in [1.82, 2.24) is 4.90 Å². The molecule has 19 heavy (non-hydrogen) atoms. The maximum Gasteiger partial charge on any atom is 0.119 e. The highest BCUT2D eigenvalue weighted by molar-refractivity contribution is 5.29. The lowest BCUT2D eigenvalue weighted by Crippen LogP contribution is -2.37. The van der Waals surface area contributed by atoms with Crippen LogP contribution in [0, 0.1) is 17.2 Å². The molecule has 2 unspecified atom stereocenters. The topological polar surface area (TPSA) is 56.5 Å². The number of nitriles is 1. The zero-order valence-corrected chi connectivity index (χ0v) is 11.2. The van der Waals surface area contributed by atoms with Crippen molar-refractivity contribution in [1.29, 1.82) is 5.26 Å². The van der Waals surface area contributed by atoms with Crippen LogP contribution in [-0.4, -0.2) is 36.8 Å². The average Bonchev–Trinajstić information content (AvgIpc) is 2.47. The largest absolute Gasteiger partial charge is 0.497 e. The number of ether oxygens (including phenoxy) is 1. The van der Waals surface area contributed by atoms with Crippen molar-refractivity contribution < 1.29 is 9.84 Å². The van der Waals surface area contributed by atoms with E-state index in [1.54, 1.807) is 7.11 Å². The van der Waals surface area contributed by atoms with Crippen LogP contribution in [0.5, 0.6) is 5.75 Å². The molecule has 4 heteroatoms. The van der Waals surface area contributed by atoms with Crippen molar-refractivity contribution in [3.8, 4) is 11.8 Å². The number of aliphatic hydroxyl groups is 1. The molecule has 0 bridgehead atoms. The Hall–Kier alpha value is -1.57. The molecule has 0 saturated carbocycles. The van der Waals surface area contributed by atoms with E-state index in [0.717, 1.165) is 37.2 Å². The number of β-amino-alcohol motifs (C(OH)–C–C–N with tert-alkyl or cyclic N) is 1. The molecule has 1 aromatic rings. The van der Waals surface area contributed by atoms with Gasteiger partial charge in [-0.05, 0) is 37.1 Å². The normalized spacial score (nSPS) is 21.6. The fourth-order valence-electron chi connectivity index (χ4n) is 2.53. The minimum atomic E-state index is -0.535. The third-order valence-corrected chi connectivity index (χ3v) is 3.60. The van der Waals surface area contributed by atoms with Crippen molar-refractivity contribution in [3.05, 3.63) is 29.8 Å². The molecular formula is C15H20N2O2. The Morgan fingerprint density at radius 2 is 2.42 bits per heavy atom. The van der Waals surface area contributed by atoms with Crippen LogP contribution in [0.2, 0.25) is 0 Å². The highest BCUT2D eigenvalue weighted by atomic mass is 16.5. The molecule has 1 fully saturated rings. The number of hydrogen-bond donors (Lipinski definition) is 1. The monoisotopic (exact) mass is 260 g/mol. The van der Waals surface area contributed by atoms with Gasteiger partial charge in [-0.25, -0.2) is 0 Å².